The van der Waals surface area contributed by atoms with Crippen molar-refractivity contribution in [3.63, 3.8) is 0 Å². The number of non-ortho nitro benzene ring substituents is 1. The number of hydrogen-bond acceptors (Lipinski definition) is 8. The first-order valence-corrected chi connectivity index (χ1v) is 12.5. The van der Waals surface area contributed by atoms with Gasteiger partial charge in [-0.3, -0.25) is 19.7 Å². The predicted molar refractivity (Wildman–Crippen MR) is 142 cm³/mol. The van der Waals surface area contributed by atoms with Crippen LogP contribution in [0.4, 0.5) is 15.3 Å². The first kappa shape index (κ1) is 30.7. The molecule has 39 heavy (non-hydrogen) atoms. The van der Waals surface area contributed by atoms with Crippen molar-refractivity contribution in [2.24, 2.45) is 17.6 Å². The summed E-state index contributed by atoms with van der Waals surface area (Å²) < 4.78 is 10.1. The number of hydrogen-bond donors (Lipinski definition) is 3. The van der Waals surface area contributed by atoms with Crippen LogP contribution in [-0.2, 0) is 27.4 Å². The van der Waals surface area contributed by atoms with Crippen LogP contribution in [0, 0.1) is 22.0 Å². The highest BCUT2D eigenvalue weighted by Crippen LogP contribution is 2.18. The third-order valence-electron chi connectivity index (χ3n) is 6.09. The Hall–Kier alpha value is -4.48. The third-order valence-corrected chi connectivity index (χ3v) is 6.09. The van der Waals surface area contributed by atoms with Gasteiger partial charge in [-0.25, -0.2) is 9.59 Å². The molecular weight excluding hydrogens is 508 g/mol. The molecule has 0 spiro atoms. The molecule has 0 aliphatic heterocycles. The van der Waals surface area contributed by atoms with E-state index in [1.165, 1.54) is 24.3 Å². The summed E-state index contributed by atoms with van der Waals surface area (Å²) in [7, 11) is 0. The molecule has 2 aromatic carbocycles. The molecule has 0 aromatic heterocycles. The molecule has 0 radical (unpaired) electrons. The average molecular weight is 543 g/mol. The van der Waals surface area contributed by atoms with Crippen LogP contribution in [0.15, 0.2) is 48.5 Å². The van der Waals surface area contributed by atoms with Crippen LogP contribution in [0.5, 0.6) is 5.75 Å². The van der Waals surface area contributed by atoms with Crippen molar-refractivity contribution in [3.05, 3.63) is 69.8 Å². The summed E-state index contributed by atoms with van der Waals surface area (Å²) >= 11 is 0. The number of carbonyl (C=O) groups is 4. The highest BCUT2D eigenvalue weighted by atomic mass is 16.7. The zero-order chi connectivity index (χ0) is 28.9. The molecule has 0 bridgehead atoms. The van der Waals surface area contributed by atoms with E-state index < -0.39 is 23.2 Å². The lowest BCUT2D eigenvalue weighted by Gasteiger charge is -2.22. The standard InChI is InChI=1S/C27H34N4O8/c1-17(2)18(3)25(33)30-23(5-4-14-29-26(28)34)24(32)15-19-6-8-20(9-7-19)16-38-27(35)39-22-12-10-21(11-13-22)31(36)37/h6-13,17-18,23H,4-5,14-16H2,1-3H3,(H,30,33)(H3,28,29,34). The second kappa shape index (κ2) is 15.1. The Bertz CT molecular complexity index is 1150. The van der Waals surface area contributed by atoms with Gasteiger partial charge in [0.15, 0.2) is 5.78 Å². The molecule has 0 saturated heterocycles. The van der Waals surface area contributed by atoms with E-state index in [2.05, 4.69) is 10.6 Å². The molecule has 0 heterocycles. The smallest absolute Gasteiger partial charge is 0.429 e. The van der Waals surface area contributed by atoms with Gasteiger partial charge in [-0.2, -0.15) is 0 Å². The van der Waals surface area contributed by atoms with Crippen molar-refractivity contribution in [1.82, 2.24) is 10.6 Å². The number of amides is 3. The van der Waals surface area contributed by atoms with E-state index in [1.807, 2.05) is 13.8 Å². The van der Waals surface area contributed by atoms with Gasteiger partial charge in [0.05, 0.1) is 11.0 Å². The Kier molecular flexibility index (Phi) is 11.9. The normalized spacial score (nSPS) is 12.2. The monoisotopic (exact) mass is 542 g/mol. The number of nitrogens with two attached hydrogens (primary N) is 1. The highest BCUT2D eigenvalue weighted by molar-refractivity contribution is 5.91. The molecule has 2 unspecified atom stereocenters. The summed E-state index contributed by atoms with van der Waals surface area (Å²) in [4.78, 5) is 58.6. The maximum atomic E-state index is 13.1. The van der Waals surface area contributed by atoms with E-state index in [0.29, 0.717) is 24.0 Å². The molecule has 0 aliphatic rings. The SMILES string of the molecule is CC(C)C(C)C(=O)NC(CCCNC(N)=O)C(=O)Cc1ccc(COC(=O)Oc2ccc([N+](=O)[O-])cc2)cc1. The summed E-state index contributed by atoms with van der Waals surface area (Å²) in [6.45, 7) is 5.87. The van der Waals surface area contributed by atoms with Gasteiger partial charge < -0.3 is 25.8 Å². The summed E-state index contributed by atoms with van der Waals surface area (Å²) in [5, 5.41) is 16.0. The number of Topliss-reactive ketones (excluding diaryl/α,β-unsaturated/α-hetero) is 1. The fraction of sp³-hybridized carbons (Fsp3) is 0.407. The molecule has 12 heteroatoms. The fourth-order valence-electron chi connectivity index (χ4n) is 3.42. The molecule has 210 valence electrons. The number of benzene rings is 2. The Morgan fingerprint density at radius 1 is 0.974 bits per heavy atom. The number of rotatable bonds is 14. The Morgan fingerprint density at radius 2 is 1.59 bits per heavy atom. The topological polar surface area (TPSA) is 180 Å². The van der Waals surface area contributed by atoms with E-state index in [9.17, 15) is 29.3 Å². The van der Waals surface area contributed by atoms with Gasteiger partial charge in [-0.05, 0) is 42.0 Å². The molecule has 12 nitrogen and oxygen atoms in total. The van der Waals surface area contributed by atoms with Gasteiger partial charge in [0.2, 0.25) is 5.91 Å². The van der Waals surface area contributed by atoms with Crippen molar-refractivity contribution in [2.75, 3.05) is 6.54 Å². The van der Waals surface area contributed by atoms with Crippen molar-refractivity contribution in [3.8, 4) is 5.75 Å². The van der Waals surface area contributed by atoms with Crippen LogP contribution >= 0.6 is 0 Å². The molecule has 3 amide bonds. The fourth-order valence-corrected chi connectivity index (χ4v) is 3.42. The number of ether oxygens (including phenoxy) is 2. The van der Waals surface area contributed by atoms with Crippen LogP contribution in [-0.4, -0.2) is 41.4 Å². The number of urea groups is 1. The highest BCUT2D eigenvalue weighted by Gasteiger charge is 2.24. The number of ketones is 1. The van der Waals surface area contributed by atoms with Crippen LogP contribution < -0.4 is 21.1 Å². The Labute approximate surface area is 226 Å². The number of primary amides is 1. The second-order valence-electron chi connectivity index (χ2n) is 9.38. The number of nitro benzene ring substituents is 1. The zero-order valence-electron chi connectivity index (χ0n) is 22.2. The average Bonchev–Trinajstić information content (AvgIpc) is 2.89. The Morgan fingerprint density at radius 3 is 2.15 bits per heavy atom. The number of nitrogens with zero attached hydrogens (tertiary/aromatic N) is 1. The number of carbonyl (C=O) groups excluding carboxylic acids is 4. The quantitative estimate of drug-likeness (QED) is 0.106. The predicted octanol–water partition coefficient (Wildman–Crippen LogP) is 3.65. The summed E-state index contributed by atoms with van der Waals surface area (Å²) in [6, 6.07) is 10.5. The largest absolute Gasteiger partial charge is 0.514 e. The molecule has 0 fully saturated rings. The third kappa shape index (κ3) is 10.8. The van der Waals surface area contributed by atoms with E-state index >= 15 is 0 Å². The van der Waals surface area contributed by atoms with E-state index in [-0.39, 0.29) is 54.5 Å². The van der Waals surface area contributed by atoms with E-state index in [4.69, 9.17) is 15.2 Å². The molecule has 2 aromatic rings. The second-order valence-corrected chi connectivity index (χ2v) is 9.38. The summed E-state index contributed by atoms with van der Waals surface area (Å²) in [5.41, 5.74) is 6.32. The van der Waals surface area contributed by atoms with Gasteiger partial charge in [-0.15, -0.1) is 0 Å². The van der Waals surface area contributed by atoms with Crippen molar-refractivity contribution < 1.29 is 33.6 Å². The van der Waals surface area contributed by atoms with Crippen molar-refractivity contribution >= 4 is 29.6 Å². The first-order valence-electron chi connectivity index (χ1n) is 12.5. The maximum Gasteiger partial charge on any atom is 0.514 e. The molecule has 4 N–H and O–H groups in total. The van der Waals surface area contributed by atoms with Crippen LogP contribution in [0.2, 0.25) is 0 Å². The van der Waals surface area contributed by atoms with Gasteiger partial charge >= 0.3 is 12.2 Å². The van der Waals surface area contributed by atoms with Gasteiger partial charge in [-0.1, -0.05) is 45.0 Å². The van der Waals surface area contributed by atoms with Crippen LogP contribution in [0.1, 0.15) is 44.7 Å². The van der Waals surface area contributed by atoms with Gasteiger partial charge in [0, 0.05) is 31.0 Å². The minimum atomic E-state index is -0.969. The van der Waals surface area contributed by atoms with Crippen LogP contribution in [0.3, 0.4) is 0 Å². The molecular formula is C27H34N4O8. The lowest BCUT2D eigenvalue weighted by Crippen LogP contribution is -2.45. The van der Waals surface area contributed by atoms with Crippen molar-refractivity contribution in [1.29, 1.82) is 0 Å². The summed E-state index contributed by atoms with van der Waals surface area (Å²) in [6.07, 6.45) is -0.0864. The first-order chi connectivity index (χ1) is 18.5. The van der Waals surface area contributed by atoms with Crippen molar-refractivity contribution in [2.45, 2.75) is 52.7 Å². The van der Waals surface area contributed by atoms with E-state index in [0.717, 1.165) is 0 Å². The minimum absolute atomic E-state index is 0.0770. The van der Waals surface area contributed by atoms with Crippen LogP contribution in [0.25, 0.3) is 0 Å². The molecule has 2 atom stereocenters. The summed E-state index contributed by atoms with van der Waals surface area (Å²) in [5.74, 6) is -0.434. The number of nitro groups is 1. The molecule has 0 aliphatic carbocycles. The number of nitrogens with one attached hydrogen (secondary N) is 2. The molecule has 2 rings (SSSR count). The van der Waals surface area contributed by atoms with E-state index in [1.54, 1.807) is 31.2 Å². The zero-order valence-corrected chi connectivity index (χ0v) is 22.2. The van der Waals surface area contributed by atoms with Gasteiger partial charge in [0.1, 0.15) is 12.4 Å². The minimum Gasteiger partial charge on any atom is -0.429 e. The maximum absolute atomic E-state index is 13.1. The lowest BCUT2D eigenvalue weighted by molar-refractivity contribution is -0.384. The Balaban J connectivity index is 1.91. The van der Waals surface area contributed by atoms with Gasteiger partial charge in [0.25, 0.3) is 5.69 Å². The molecule has 0 saturated carbocycles. The lowest BCUT2D eigenvalue weighted by atomic mass is 9.95.